The highest BCUT2D eigenvalue weighted by molar-refractivity contribution is 5.97. The summed E-state index contributed by atoms with van der Waals surface area (Å²) in [5.41, 5.74) is 0.607. The largest absolute Gasteiger partial charge is 0.355 e. The molecule has 0 radical (unpaired) electrons. The molecule has 3 amide bonds. The first-order valence-corrected chi connectivity index (χ1v) is 11.7. The van der Waals surface area contributed by atoms with Crippen molar-refractivity contribution >= 4 is 29.2 Å². The maximum absolute atomic E-state index is 12.4. The molecule has 0 unspecified atom stereocenters. The highest BCUT2D eigenvalue weighted by atomic mass is 16.2. The van der Waals surface area contributed by atoms with Gasteiger partial charge in [-0.05, 0) is 30.3 Å². The smallest absolute Gasteiger partial charge is 0.251 e. The van der Waals surface area contributed by atoms with Crippen molar-refractivity contribution in [3.63, 3.8) is 0 Å². The normalized spacial score (nSPS) is 13.6. The van der Waals surface area contributed by atoms with Gasteiger partial charge >= 0.3 is 0 Å². The predicted octanol–water partition coefficient (Wildman–Crippen LogP) is 1.63. The monoisotopic (exact) mass is 490 g/mol. The maximum Gasteiger partial charge on any atom is 0.251 e. The van der Waals surface area contributed by atoms with Gasteiger partial charge in [0.2, 0.25) is 11.8 Å². The minimum absolute atomic E-state index is 0.0548. The highest BCUT2D eigenvalue weighted by Crippen LogP contribution is 2.23. The number of hydrogen-bond acceptors (Lipinski definition) is 7. The van der Waals surface area contributed by atoms with Crippen LogP contribution in [0.4, 0.5) is 11.5 Å². The van der Waals surface area contributed by atoms with E-state index in [0.29, 0.717) is 43.2 Å². The second-order valence-corrected chi connectivity index (χ2v) is 9.62. The molecule has 188 valence electrons. The SMILES string of the molecule is CC(C)(C)C(=O)Nc1ccc(C(=O)NCCNC(=O)C2CN(c3cc(-n4cccn4)ncn3)C2)cc1. The van der Waals surface area contributed by atoms with Gasteiger partial charge in [-0.1, -0.05) is 20.8 Å². The van der Waals surface area contributed by atoms with Gasteiger partial charge in [0.25, 0.3) is 5.91 Å². The van der Waals surface area contributed by atoms with Gasteiger partial charge in [-0.2, -0.15) is 5.10 Å². The van der Waals surface area contributed by atoms with Crippen LogP contribution in [0.3, 0.4) is 0 Å². The van der Waals surface area contributed by atoms with Crippen LogP contribution in [-0.2, 0) is 9.59 Å². The summed E-state index contributed by atoms with van der Waals surface area (Å²) in [4.78, 5) is 47.4. The zero-order valence-corrected chi connectivity index (χ0v) is 20.6. The van der Waals surface area contributed by atoms with Gasteiger partial charge in [0.05, 0.1) is 5.92 Å². The number of nitrogens with one attached hydrogen (secondary N) is 3. The molecule has 0 atom stereocenters. The summed E-state index contributed by atoms with van der Waals surface area (Å²) in [6, 6.07) is 10.3. The Balaban J connectivity index is 1.16. The van der Waals surface area contributed by atoms with Gasteiger partial charge < -0.3 is 20.9 Å². The third-order valence-electron chi connectivity index (χ3n) is 5.75. The van der Waals surface area contributed by atoms with Crippen LogP contribution < -0.4 is 20.9 Å². The van der Waals surface area contributed by atoms with Crippen molar-refractivity contribution in [2.75, 3.05) is 36.4 Å². The Morgan fingerprint density at radius 3 is 2.36 bits per heavy atom. The lowest BCUT2D eigenvalue weighted by atomic mass is 9.95. The molecule has 2 aromatic heterocycles. The molecule has 11 heteroatoms. The van der Waals surface area contributed by atoms with E-state index in [0.717, 1.165) is 5.82 Å². The van der Waals surface area contributed by atoms with Gasteiger partial charge in [-0.3, -0.25) is 14.4 Å². The minimum Gasteiger partial charge on any atom is -0.355 e. The van der Waals surface area contributed by atoms with Gasteiger partial charge in [0.1, 0.15) is 12.1 Å². The zero-order valence-electron chi connectivity index (χ0n) is 20.6. The lowest BCUT2D eigenvalue weighted by Crippen LogP contribution is -2.54. The van der Waals surface area contributed by atoms with Crippen molar-refractivity contribution in [3.05, 3.63) is 60.7 Å². The average Bonchev–Trinajstić information content (AvgIpc) is 3.36. The molecule has 3 aromatic rings. The highest BCUT2D eigenvalue weighted by Gasteiger charge is 2.33. The third kappa shape index (κ3) is 6.04. The summed E-state index contributed by atoms with van der Waals surface area (Å²) >= 11 is 0. The van der Waals surface area contributed by atoms with Crippen molar-refractivity contribution in [1.82, 2.24) is 30.4 Å². The van der Waals surface area contributed by atoms with Crippen LogP contribution in [0.15, 0.2) is 55.1 Å². The predicted molar refractivity (Wildman–Crippen MR) is 135 cm³/mol. The molecular formula is C25H30N8O3. The van der Waals surface area contributed by atoms with E-state index >= 15 is 0 Å². The number of carbonyl (C=O) groups is 3. The summed E-state index contributed by atoms with van der Waals surface area (Å²) in [5, 5.41) is 12.7. The molecule has 36 heavy (non-hydrogen) atoms. The molecule has 0 bridgehead atoms. The van der Waals surface area contributed by atoms with Gasteiger partial charge in [-0.25, -0.2) is 14.6 Å². The van der Waals surface area contributed by atoms with Crippen molar-refractivity contribution in [3.8, 4) is 5.82 Å². The Bertz CT molecular complexity index is 1210. The quantitative estimate of drug-likeness (QED) is 0.409. The standard InChI is InChI=1S/C25H30N8O3/c1-25(2,3)24(36)31-19-7-5-17(6-8-19)22(34)26-10-11-27-23(35)18-14-32(15-18)20-13-21(29-16-28-20)33-12-4-9-30-33/h4-9,12-13,16,18H,10-11,14-15H2,1-3H3,(H,26,34)(H,27,35)(H,31,36). The van der Waals surface area contributed by atoms with Crippen LogP contribution in [0.1, 0.15) is 31.1 Å². The lowest BCUT2D eigenvalue weighted by Gasteiger charge is -2.39. The van der Waals surface area contributed by atoms with Crippen LogP contribution in [0.25, 0.3) is 5.82 Å². The average molecular weight is 491 g/mol. The molecule has 0 aliphatic carbocycles. The van der Waals surface area contributed by atoms with Gasteiger partial charge in [-0.15, -0.1) is 0 Å². The Morgan fingerprint density at radius 1 is 1.00 bits per heavy atom. The summed E-state index contributed by atoms with van der Waals surface area (Å²) in [6.07, 6.45) is 4.97. The topological polar surface area (TPSA) is 134 Å². The molecule has 1 aliphatic rings. The number of benzene rings is 1. The first-order valence-electron chi connectivity index (χ1n) is 11.7. The van der Waals surface area contributed by atoms with E-state index in [-0.39, 0.29) is 23.6 Å². The molecule has 1 saturated heterocycles. The van der Waals surface area contributed by atoms with Crippen LogP contribution in [0, 0.1) is 11.3 Å². The molecule has 0 spiro atoms. The summed E-state index contributed by atoms with van der Waals surface area (Å²) in [5.74, 6) is 0.875. The fourth-order valence-corrected chi connectivity index (χ4v) is 3.50. The zero-order chi connectivity index (χ0) is 25.7. The van der Waals surface area contributed by atoms with Gasteiger partial charge in [0, 0.05) is 61.3 Å². The second kappa shape index (κ2) is 10.5. The van der Waals surface area contributed by atoms with Crippen molar-refractivity contribution in [1.29, 1.82) is 0 Å². The minimum atomic E-state index is -0.502. The number of aromatic nitrogens is 4. The molecule has 3 N–H and O–H groups in total. The number of nitrogens with zero attached hydrogens (tertiary/aromatic N) is 5. The summed E-state index contributed by atoms with van der Waals surface area (Å²) < 4.78 is 1.66. The van der Waals surface area contributed by atoms with Crippen LogP contribution in [0.2, 0.25) is 0 Å². The van der Waals surface area contributed by atoms with E-state index < -0.39 is 5.41 Å². The van der Waals surface area contributed by atoms with Crippen LogP contribution >= 0.6 is 0 Å². The summed E-state index contributed by atoms with van der Waals surface area (Å²) in [7, 11) is 0. The first-order chi connectivity index (χ1) is 17.2. The number of carbonyl (C=O) groups excluding carboxylic acids is 3. The second-order valence-electron chi connectivity index (χ2n) is 9.62. The van der Waals surface area contributed by atoms with E-state index in [1.165, 1.54) is 6.33 Å². The van der Waals surface area contributed by atoms with E-state index in [1.807, 2.05) is 37.8 Å². The fraction of sp³-hybridized carbons (Fsp3) is 0.360. The van der Waals surface area contributed by atoms with E-state index in [2.05, 4.69) is 31.0 Å². The third-order valence-corrected chi connectivity index (χ3v) is 5.75. The summed E-state index contributed by atoms with van der Waals surface area (Å²) in [6.45, 7) is 7.26. The molecule has 4 rings (SSSR count). The van der Waals surface area contributed by atoms with E-state index in [1.54, 1.807) is 41.3 Å². The molecule has 1 aliphatic heterocycles. The van der Waals surface area contributed by atoms with Crippen LogP contribution in [-0.4, -0.2) is 63.6 Å². The Kier molecular flexibility index (Phi) is 7.28. The molecule has 1 fully saturated rings. The lowest BCUT2D eigenvalue weighted by molar-refractivity contribution is -0.125. The number of anilines is 2. The Hall–Kier alpha value is -4.28. The number of amides is 3. The van der Waals surface area contributed by atoms with Crippen LogP contribution in [0.5, 0.6) is 0 Å². The number of rotatable bonds is 8. The molecule has 0 saturated carbocycles. The van der Waals surface area contributed by atoms with E-state index in [9.17, 15) is 14.4 Å². The van der Waals surface area contributed by atoms with Gasteiger partial charge in [0.15, 0.2) is 5.82 Å². The molecule has 3 heterocycles. The van der Waals surface area contributed by atoms with E-state index in [4.69, 9.17) is 0 Å². The Labute approximate surface area is 209 Å². The maximum atomic E-state index is 12.4. The molecular weight excluding hydrogens is 460 g/mol. The van der Waals surface area contributed by atoms with Crippen molar-refractivity contribution in [2.24, 2.45) is 11.3 Å². The fourth-order valence-electron chi connectivity index (χ4n) is 3.50. The number of hydrogen-bond donors (Lipinski definition) is 3. The molecule has 1 aromatic carbocycles. The molecule has 11 nitrogen and oxygen atoms in total. The Morgan fingerprint density at radius 2 is 1.69 bits per heavy atom. The first kappa shape index (κ1) is 24.8. The van der Waals surface area contributed by atoms with Crippen molar-refractivity contribution in [2.45, 2.75) is 20.8 Å². The van der Waals surface area contributed by atoms with Crippen molar-refractivity contribution < 1.29 is 14.4 Å².